The molecule has 2 atom stereocenters. The van der Waals surface area contributed by atoms with Gasteiger partial charge in [-0.2, -0.15) is 0 Å². The van der Waals surface area contributed by atoms with E-state index in [1.165, 1.54) is 0 Å². The molecule has 2 fully saturated rings. The van der Waals surface area contributed by atoms with Crippen LogP contribution in [0.1, 0.15) is 46.5 Å². The number of rotatable bonds is 4. The summed E-state index contributed by atoms with van der Waals surface area (Å²) < 4.78 is 5.41. The molecule has 0 aromatic rings. The van der Waals surface area contributed by atoms with Gasteiger partial charge in [0, 0.05) is 19.3 Å². The summed E-state index contributed by atoms with van der Waals surface area (Å²) in [6.45, 7) is 8.09. The Bertz CT molecular complexity index is 288. The van der Waals surface area contributed by atoms with Crippen LogP contribution in [-0.2, 0) is 9.53 Å². The summed E-state index contributed by atoms with van der Waals surface area (Å²) in [7, 11) is 0. The summed E-state index contributed by atoms with van der Waals surface area (Å²) in [6.07, 6.45) is 4.17. The van der Waals surface area contributed by atoms with E-state index >= 15 is 0 Å². The highest BCUT2D eigenvalue weighted by Crippen LogP contribution is 2.26. The van der Waals surface area contributed by atoms with Crippen molar-refractivity contribution >= 4 is 5.91 Å². The van der Waals surface area contributed by atoms with E-state index in [1.54, 1.807) is 0 Å². The molecule has 1 amide bonds. The summed E-state index contributed by atoms with van der Waals surface area (Å²) in [5.74, 6) is 0.765. The molecule has 2 aliphatic heterocycles. The second-order valence-corrected chi connectivity index (χ2v) is 5.79. The van der Waals surface area contributed by atoms with Gasteiger partial charge in [-0.15, -0.1) is 0 Å². The van der Waals surface area contributed by atoms with Crippen LogP contribution < -0.4 is 5.32 Å². The van der Waals surface area contributed by atoms with Gasteiger partial charge in [0.1, 0.15) is 0 Å². The maximum absolute atomic E-state index is 12.5. The van der Waals surface area contributed by atoms with Crippen LogP contribution in [0.15, 0.2) is 0 Å². The maximum Gasteiger partial charge on any atom is 0.241 e. The molecule has 0 aromatic heterocycles. The lowest BCUT2D eigenvalue weighted by molar-refractivity contribution is -0.135. The van der Waals surface area contributed by atoms with E-state index in [0.717, 1.165) is 38.9 Å². The predicted molar refractivity (Wildman–Crippen MR) is 71.1 cm³/mol. The minimum atomic E-state index is 0.0326. The Labute approximate surface area is 110 Å². The van der Waals surface area contributed by atoms with Crippen LogP contribution in [0, 0.1) is 5.92 Å². The summed E-state index contributed by atoms with van der Waals surface area (Å²) in [5.41, 5.74) is 0. The Morgan fingerprint density at radius 1 is 1.39 bits per heavy atom. The Morgan fingerprint density at radius 3 is 2.61 bits per heavy atom. The predicted octanol–water partition coefficient (Wildman–Crippen LogP) is 1.75. The van der Waals surface area contributed by atoms with Crippen molar-refractivity contribution in [3.8, 4) is 0 Å². The molecule has 2 aliphatic rings. The molecule has 2 rings (SSSR count). The van der Waals surface area contributed by atoms with Gasteiger partial charge >= 0.3 is 0 Å². The van der Waals surface area contributed by atoms with Crippen molar-refractivity contribution in [2.75, 3.05) is 13.2 Å². The van der Waals surface area contributed by atoms with Gasteiger partial charge in [-0.1, -0.05) is 27.2 Å². The van der Waals surface area contributed by atoms with E-state index in [1.807, 2.05) is 0 Å². The first kappa shape index (κ1) is 13.8. The largest absolute Gasteiger partial charge is 0.381 e. The smallest absolute Gasteiger partial charge is 0.241 e. The molecule has 4 nitrogen and oxygen atoms in total. The Kier molecular flexibility index (Phi) is 4.62. The van der Waals surface area contributed by atoms with Gasteiger partial charge in [0.25, 0.3) is 0 Å². The van der Waals surface area contributed by atoms with E-state index < -0.39 is 0 Å². The van der Waals surface area contributed by atoms with Crippen molar-refractivity contribution in [1.82, 2.24) is 10.2 Å². The van der Waals surface area contributed by atoms with Crippen LogP contribution in [0.3, 0.4) is 0 Å². The molecule has 0 bridgehead atoms. The summed E-state index contributed by atoms with van der Waals surface area (Å²) in [5, 5.41) is 3.52. The minimum absolute atomic E-state index is 0.0326. The third-order valence-corrected chi connectivity index (χ3v) is 4.02. The summed E-state index contributed by atoms with van der Waals surface area (Å²) >= 11 is 0. The van der Waals surface area contributed by atoms with E-state index in [2.05, 4.69) is 31.0 Å². The molecule has 2 heterocycles. The summed E-state index contributed by atoms with van der Waals surface area (Å²) in [6, 6.07) is 0.401. The molecular formula is C14H26N2O2. The first-order valence-corrected chi connectivity index (χ1v) is 7.31. The zero-order chi connectivity index (χ0) is 13.1. The second kappa shape index (κ2) is 6.02. The number of carbonyl (C=O) groups is 1. The van der Waals surface area contributed by atoms with Gasteiger partial charge in [-0.05, 0) is 25.2 Å². The van der Waals surface area contributed by atoms with Crippen molar-refractivity contribution < 1.29 is 9.53 Å². The quantitative estimate of drug-likeness (QED) is 0.831. The van der Waals surface area contributed by atoms with Gasteiger partial charge in [0.2, 0.25) is 5.91 Å². The van der Waals surface area contributed by atoms with Crippen LogP contribution in [0.5, 0.6) is 0 Å². The molecule has 1 N–H and O–H groups in total. The number of nitrogens with one attached hydrogen (secondary N) is 1. The molecule has 2 unspecified atom stereocenters. The van der Waals surface area contributed by atoms with Crippen molar-refractivity contribution in [2.45, 2.75) is 64.7 Å². The van der Waals surface area contributed by atoms with Crippen LogP contribution in [0.4, 0.5) is 0 Å². The fraction of sp³-hybridized carbons (Fsp3) is 0.929. The topological polar surface area (TPSA) is 41.6 Å². The number of amides is 1. The Balaban J connectivity index is 2.10. The molecule has 0 aromatic carbocycles. The minimum Gasteiger partial charge on any atom is -0.381 e. The lowest BCUT2D eigenvalue weighted by Crippen LogP contribution is -2.49. The van der Waals surface area contributed by atoms with Crippen LogP contribution in [-0.4, -0.2) is 42.3 Å². The average molecular weight is 254 g/mol. The highest BCUT2D eigenvalue weighted by atomic mass is 16.5. The number of nitrogens with zero attached hydrogens (tertiary/aromatic N) is 1. The first-order valence-electron chi connectivity index (χ1n) is 7.31. The van der Waals surface area contributed by atoms with Crippen LogP contribution in [0.25, 0.3) is 0 Å². The van der Waals surface area contributed by atoms with Crippen molar-refractivity contribution in [3.63, 3.8) is 0 Å². The molecule has 18 heavy (non-hydrogen) atoms. The fourth-order valence-electron chi connectivity index (χ4n) is 3.05. The van der Waals surface area contributed by atoms with Crippen LogP contribution in [0.2, 0.25) is 0 Å². The molecule has 0 spiro atoms. The lowest BCUT2D eigenvalue weighted by Gasteiger charge is -2.36. The molecule has 104 valence electrons. The normalized spacial score (nSPS) is 30.4. The molecule has 0 radical (unpaired) electrons. The van der Waals surface area contributed by atoms with Gasteiger partial charge in [0.05, 0.1) is 12.2 Å². The first-order chi connectivity index (χ1) is 8.65. The highest BCUT2D eigenvalue weighted by molar-refractivity contribution is 5.84. The van der Waals surface area contributed by atoms with Crippen LogP contribution >= 0.6 is 0 Å². The van der Waals surface area contributed by atoms with Gasteiger partial charge in [-0.25, -0.2) is 0 Å². The van der Waals surface area contributed by atoms with Crippen molar-refractivity contribution in [3.05, 3.63) is 0 Å². The SMILES string of the molecule is CCCC1NC(C(C)C)N(C2CCOCC2)C1=O. The van der Waals surface area contributed by atoms with Gasteiger partial charge in [-0.3, -0.25) is 10.1 Å². The zero-order valence-corrected chi connectivity index (χ0v) is 11.8. The molecule has 0 aliphatic carbocycles. The number of carbonyl (C=O) groups excluding carboxylic acids is 1. The Morgan fingerprint density at radius 2 is 2.06 bits per heavy atom. The van der Waals surface area contributed by atoms with Gasteiger partial charge < -0.3 is 9.64 Å². The van der Waals surface area contributed by atoms with Crippen molar-refractivity contribution in [1.29, 1.82) is 0 Å². The standard InChI is InChI=1S/C14H26N2O2/c1-4-5-12-14(17)16(13(15-12)10(2)3)11-6-8-18-9-7-11/h10-13,15H,4-9H2,1-3H3. The third kappa shape index (κ3) is 2.69. The summed E-state index contributed by atoms with van der Waals surface area (Å²) in [4.78, 5) is 14.7. The zero-order valence-electron chi connectivity index (χ0n) is 11.8. The third-order valence-electron chi connectivity index (χ3n) is 4.02. The van der Waals surface area contributed by atoms with E-state index in [-0.39, 0.29) is 12.2 Å². The molecule has 2 saturated heterocycles. The van der Waals surface area contributed by atoms with Crippen molar-refractivity contribution in [2.24, 2.45) is 5.92 Å². The second-order valence-electron chi connectivity index (χ2n) is 5.79. The lowest BCUT2D eigenvalue weighted by atomic mass is 10.0. The molecule has 4 heteroatoms. The number of ether oxygens (including phenoxy) is 1. The fourth-order valence-corrected chi connectivity index (χ4v) is 3.05. The molecule has 0 saturated carbocycles. The maximum atomic E-state index is 12.5. The van der Waals surface area contributed by atoms with E-state index in [9.17, 15) is 4.79 Å². The number of hydrogen-bond acceptors (Lipinski definition) is 3. The van der Waals surface area contributed by atoms with Gasteiger partial charge in [0.15, 0.2) is 0 Å². The monoisotopic (exact) mass is 254 g/mol. The average Bonchev–Trinajstić information content (AvgIpc) is 2.69. The Hall–Kier alpha value is -0.610. The van der Waals surface area contributed by atoms with E-state index in [4.69, 9.17) is 4.74 Å². The number of hydrogen-bond donors (Lipinski definition) is 1. The van der Waals surface area contributed by atoms with E-state index in [0.29, 0.717) is 17.9 Å². The highest BCUT2D eigenvalue weighted by Gasteiger charge is 2.43. The molecular weight excluding hydrogens is 228 g/mol.